The van der Waals surface area contributed by atoms with Crippen molar-refractivity contribution in [3.05, 3.63) is 28.4 Å². The molecule has 6 nitrogen and oxygen atoms in total. The summed E-state index contributed by atoms with van der Waals surface area (Å²) in [5, 5.41) is 3.19. The quantitative estimate of drug-likeness (QED) is 0.480. The molecule has 3 rings (SSSR count). The minimum atomic E-state index is -0.708. The standard InChI is InChI=1S/C13H12BrFN4O2/c14-12-10-9(8(15)6-18-12)7(5-17-10)11(20)13(21)19-3-1-16-2-4-19/h5-6,16-17H,1-4H2. The number of nitrogens with one attached hydrogen (secondary N) is 2. The van der Waals surface area contributed by atoms with E-state index in [0.717, 1.165) is 6.20 Å². The van der Waals surface area contributed by atoms with Gasteiger partial charge in [-0.05, 0) is 15.9 Å². The van der Waals surface area contributed by atoms with Crippen molar-refractivity contribution in [1.29, 1.82) is 0 Å². The van der Waals surface area contributed by atoms with Gasteiger partial charge in [0.25, 0.3) is 11.7 Å². The highest BCUT2D eigenvalue weighted by atomic mass is 79.9. The monoisotopic (exact) mass is 354 g/mol. The molecule has 0 aromatic carbocycles. The molecular formula is C13H12BrFN4O2. The van der Waals surface area contributed by atoms with Gasteiger partial charge in [-0.1, -0.05) is 0 Å². The summed E-state index contributed by atoms with van der Waals surface area (Å²) >= 11 is 3.18. The molecule has 1 amide bonds. The van der Waals surface area contributed by atoms with Gasteiger partial charge in [0, 0.05) is 32.4 Å². The predicted molar refractivity (Wildman–Crippen MR) is 77.5 cm³/mol. The summed E-state index contributed by atoms with van der Waals surface area (Å²) in [7, 11) is 0. The summed E-state index contributed by atoms with van der Waals surface area (Å²) < 4.78 is 14.3. The van der Waals surface area contributed by atoms with Crippen LogP contribution in [0.5, 0.6) is 0 Å². The van der Waals surface area contributed by atoms with E-state index in [-0.39, 0.29) is 10.9 Å². The van der Waals surface area contributed by atoms with Crippen LogP contribution < -0.4 is 5.32 Å². The summed E-state index contributed by atoms with van der Waals surface area (Å²) in [6, 6.07) is 0. The fraction of sp³-hybridized carbons (Fsp3) is 0.308. The average molecular weight is 355 g/mol. The maximum absolute atomic E-state index is 13.9. The van der Waals surface area contributed by atoms with Crippen LogP contribution in [0.15, 0.2) is 17.0 Å². The minimum absolute atomic E-state index is 0.0362. The Morgan fingerprint density at radius 3 is 2.76 bits per heavy atom. The van der Waals surface area contributed by atoms with Crippen molar-refractivity contribution in [2.24, 2.45) is 0 Å². The molecule has 1 saturated heterocycles. The maximum Gasteiger partial charge on any atom is 0.295 e. The van der Waals surface area contributed by atoms with Crippen LogP contribution in [0.25, 0.3) is 10.9 Å². The third kappa shape index (κ3) is 2.44. The zero-order chi connectivity index (χ0) is 15.0. The smallest absolute Gasteiger partial charge is 0.295 e. The molecule has 0 aliphatic carbocycles. The minimum Gasteiger partial charge on any atom is -0.358 e. The lowest BCUT2D eigenvalue weighted by atomic mass is 10.1. The van der Waals surface area contributed by atoms with Crippen molar-refractivity contribution in [2.75, 3.05) is 26.2 Å². The SMILES string of the molecule is O=C(C(=O)N1CCNCC1)c1c[nH]c2c(Br)ncc(F)c12. The summed E-state index contributed by atoms with van der Waals surface area (Å²) in [5.74, 6) is -1.95. The number of fused-ring (bicyclic) bond motifs is 1. The lowest BCUT2D eigenvalue weighted by Gasteiger charge is -2.26. The van der Waals surface area contributed by atoms with Gasteiger partial charge >= 0.3 is 0 Å². The number of Topliss-reactive ketones (excluding diaryl/α,β-unsaturated/α-hetero) is 1. The molecule has 0 saturated carbocycles. The molecule has 2 aromatic rings. The molecule has 1 fully saturated rings. The molecule has 0 radical (unpaired) electrons. The summed E-state index contributed by atoms with van der Waals surface area (Å²) in [4.78, 5) is 32.6. The van der Waals surface area contributed by atoms with Gasteiger partial charge in [0.15, 0.2) is 5.82 Å². The Morgan fingerprint density at radius 2 is 2.05 bits per heavy atom. The third-order valence-corrected chi connectivity index (χ3v) is 4.06. The first-order chi connectivity index (χ1) is 10.1. The Kier molecular flexibility index (Phi) is 3.73. The first-order valence-electron chi connectivity index (χ1n) is 6.45. The van der Waals surface area contributed by atoms with Crippen LogP contribution in [-0.2, 0) is 4.79 Å². The topological polar surface area (TPSA) is 78.1 Å². The van der Waals surface area contributed by atoms with E-state index in [1.165, 1.54) is 11.1 Å². The second-order valence-electron chi connectivity index (χ2n) is 4.72. The van der Waals surface area contributed by atoms with Crippen LogP contribution >= 0.6 is 15.9 Å². The second kappa shape index (κ2) is 5.53. The van der Waals surface area contributed by atoms with E-state index in [4.69, 9.17) is 0 Å². The molecule has 0 atom stereocenters. The van der Waals surface area contributed by atoms with Gasteiger partial charge in [0.1, 0.15) is 4.60 Å². The Hall–Kier alpha value is -1.80. The van der Waals surface area contributed by atoms with Crippen molar-refractivity contribution >= 4 is 38.5 Å². The van der Waals surface area contributed by atoms with Crippen molar-refractivity contribution in [3.63, 3.8) is 0 Å². The number of carbonyl (C=O) groups excluding carboxylic acids is 2. The molecule has 1 aliphatic heterocycles. The van der Waals surface area contributed by atoms with E-state index in [1.807, 2.05) is 0 Å². The lowest BCUT2D eigenvalue weighted by Crippen LogP contribution is -2.48. The number of ketones is 1. The van der Waals surface area contributed by atoms with E-state index in [9.17, 15) is 14.0 Å². The number of hydrogen-bond acceptors (Lipinski definition) is 4. The van der Waals surface area contributed by atoms with E-state index in [0.29, 0.717) is 36.3 Å². The van der Waals surface area contributed by atoms with Crippen LogP contribution in [0, 0.1) is 5.82 Å². The maximum atomic E-state index is 13.9. The number of carbonyl (C=O) groups is 2. The van der Waals surface area contributed by atoms with E-state index >= 15 is 0 Å². The van der Waals surface area contributed by atoms with Crippen molar-refractivity contribution < 1.29 is 14.0 Å². The van der Waals surface area contributed by atoms with Crippen LogP contribution in [-0.4, -0.2) is 52.7 Å². The number of H-pyrrole nitrogens is 1. The van der Waals surface area contributed by atoms with Gasteiger partial charge in [0.2, 0.25) is 0 Å². The Bertz CT molecular complexity index is 724. The Balaban J connectivity index is 1.98. The Labute approximate surface area is 127 Å². The number of aromatic amines is 1. The second-order valence-corrected chi connectivity index (χ2v) is 5.47. The number of amides is 1. The molecule has 110 valence electrons. The largest absolute Gasteiger partial charge is 0.358 e. The molecule has 0 bridgehead atoms. The number of nitrogens with zero attached hydrogens (tertiary/aromatic N) is 2. The zero-order valence-corrected chi connectivity index (χ0v) is 12.5. The number of piperazine rings is 1. The van der Waals surface area contributed by atoms with Gasteiger partial charge in [-0.2, -0.15) is 0 Å². The highest BCUT2D eigenvalue weighted by molar-refractivity contribution is 9.10. The van der Waals surface area contributed by atoms with Gasteiger partial charge in [-0.15, -0.1) is 0 Å². The number of hydrogen-bond donors (Lipinski definition) is 2. The summed E-state index contributed by atoms with van der Waals surface area (Å²) in [5.41, 5.74) is 0.403. The van der Waals surface area contributed by atoms with Crippen LogP contribution in [0.2, 0.25) is 0 Å². The van der Waals surface area contributed by atoms with Gasteiger partial charge < -0.3 is 15.2 Å². The highest BCUT2D eigenvalue weighted by Gasteiger charge is 2.28. The Morgan fingerprint density at radius 1 is 1.33 bits per heavy atom. The first kappa shape index (κ1) is 14.2. The molecule has 8 heteroatoms. The molecule has 0 spiro atoms. The first-order valence-corrected chi connectivity index (χ1v) is 7.24. The number of pyridine rings is 1. The van der Waals surface area contributed by atoms with Crippen LogP contribution in [0.4, 0.5) is 4.39 Å². The van der Waals surface area contributed by atoms with E-state index < -0.39 is 17.5 Å². The van der Waals surface area contributed by atoms with E-state index in [2.05, 4.69) is 31.2 Å². The van der Waals surface area contributed by atoms with Crippen molar-refractivity contribution in [1.82, 2.24) is 20.2 Å². The summed E-state index contributed by atoms with van der Waals surface area (Å²) in [6.07, 6.45) is 2.37. The predicted octanol–water partition coefficient (Wildman–Crippen LogP) is 1.08. The van der Waals surface area contributed by atoms with Crippen LogP contribution in [0.3, 0.4) is 0 Å². The third-order valence-electron chi connectivity index (χ3n) is 3.46. The van der Waals surface area contributed by atoms with Crippen molar-refractivity contribution in [3.8, 4) is 0 Å². The molecule has 1 aliphatic rings. The average Bonchev–Trinajstić information content (AvgIpc) is 2.96. The zero-order valence-electron chi connectivity index (χ0n) is 10.9. The molecule has 0 unspecified atom stereocenters. The number of aromatic nitrogens is 2. The number of rotatable bonds is 2. The molecular weight excluding hydrogens is 343 g/mol. The van der Waals surface area contributed by atoms with Gasteiger partial charge in [-0.3, -0.25) is 9.59 Å². The molecule has 2 N–H and O–H groups in total. The van der Waals surface area contributed by atoms with Gasteiger partial charge in [-0.25, -0.2) is 9.37 Å². The lowest BCUT2D eigenvalue weighted by molar-refractivity contribution is -0.126. The fourth-order valence-corrected chi connectivity index (χ4v) is 2.80. The molecule has 21 heavy (non-hydrogen) atoms. The molecule has 3 heterocycles. The van der Waals surface area contributed by atoms with Crippen molar-refractivity contribution in [2.45, 2.75) is 0 Å². The van der Waals surface area contributed by atoms with Gasteiger partial charge in [0.05, 0.1) is 22.7 Å². The fourth-order valence-electron chi connectivity index (χ4n) is 2.38. The van der Waals surface area contributed by atoms with Crippen LogP contribution in [0.1, 0.15) is 10.4 Å². The number of halogens is 2. The molecule has 2 aromatic heterocycles. The highest BCUT2D eigenvalue weighted by Crippen LogP contribution is 2.27. The summed E-state index contributed by atoms with van der Waals surface area (Å²) in [6.45, 7) is 2.24. The normalized spacial score (nSPS) is 15.4. The van der Waals surface area contributed by atoms with E-state index in [1.54, 1.807) is 0 Å².